The maximum absolute atomic E-state index is 5.62. The minimum atomic E-state index is 0.305. The Morgan fingerprint density at radius 2 is 1.75 bits per heavy atom. The summed E-state index contributed by atoms with van der Waals surface area (Å²) in [6, 6.07) is 8.83. The van der Waals surface area contributed by atoms with Gasteiger partial charge in [-0.05, 0) is 25.3 Å². The van der Waals surface area contributed by atoms with Crippen LogP contribution in [0.1, 0.15) is 29.5 Å². The number of aryl methyl sites for hydroxylation is 1. The average molecular weight is 382 g/mol. The van der Waals surface area contributed by atoms with E-state index in [2.05, 4.69) is 56.3 Å². The SMILES string of the molecule is Cc1cccc(CN2CCN(Cc3cnc(NCC4CCCO4)nc3)CC2)c1. The van der Waals surface area contributed by atoms with Crippen LogP contribution in [0.25, 0.3) is 0 Å². The van der Waals surface area contributed by atoms with E-state index in [0.29, 0.717) is 12.1 Å². The van der Waals surface area contributed by atoms with Crippen molar-refractivity contribution >= 4 is 5.95 Å². The van der Waals surface area contributed by atoms with Crippen LogP contribution in [0.4, 0.5) is 5.95 Å². The van der Waals surface area contributed by atoms with Crippen molar-refractivity contribution in [2.45, 2.75) is 39.0 Å². The molecule has 1 aromatic heterocycles. The lowest BCUT2D eigenvalue weighted by atomic mass is 10.1. The van der Waals surface area contributed by atoms with Gasteiger partial charge in [0.1, 0.15) is 0 Å². The highest BCUT2D eigenvalue weighted by atomic mass is 16.5. The van der Waals surface area contributed by atoms with E-state index in [1.54, 1.807) is 0 Å². The molecule has 2 fully saturated rings. The summed E-state index contributed by atoms with van der Waals surface area (Å²) in [5.41, 5.74) is 3.92. The van der Waals surface area contributed by atoms with E-state index in [-0.39, 0.29) is 0 Å². The van der Waals surface area contributed by atoms with Gasteiger partial charge in [0, 0.05) is 70.4 Å². The molecule has 0 saturated carbocycles. The van der Waals surface area contributed by atoms with Crippen molar-refractivity contribution in [1.82, 2.24) is 19.8 Å². The van der Waals surface area contributed by atoms with E-state index in [4.69, 9.17) is 4.74 Å². The first-order valence-corrected chi connectivity index (χ1v) is 10.4. The van der Waals surface area contributed by atoms with E-state index in [9.17, 15) is 0 Å². The highest BCUT2D eigenvalue weighted by Crippen LogP contribution is 2.14. The summed E-state index contributed by atoms with van der Waals surface area (Å²) in [6.07, 6.45) is 6.48. The molecule has 0 radical (unpaired) electrons. The fraction of sp³-hybridized carbons (Fsp3) is 0.545. The van der Waals surface area contributed by atoms with Crippen LogP contribution < -0.4 is 5.32 Å². The Kier molecular flexibility index (Phi) is 6.52. The van der Waals surface area contributed by atoms with Crippen LogP contribution in [0.5, 0.6) is 0 Å². The Labute approximate surface area is 167 Å². The molecule has 150 valence electrons. The summed E-state index contributed by atoms with van der Waals surface area (Å²) >= 11 is 0. The van der Waals surface area contributed by atoms with Gasteiger partial charge in [-0.2, -0.15) is 0 Å². The number of hydrogen-bond acceptors (Lipinski definition) is 6. The van der Waals surface area contributed by atoms with E-state index in [0.717, 1.165) is 65.3 Å². The molecule has 0 spiro atoms. The van der Waals surface area contributed by atoms with Gasteiger partial charge in [0.15, 0.2) is 0 Å². The van der Waals surface area contributed by atoms with Gasteiger partial charge in [0.25, 0.3) is 0 Å². The number of hydrogen-bond donors (Lipinski definition) is 1. The quantitative estimate of drug-likeness (QED) is 0.796. The third-order valence-corrected chi connectivity index (χ3v) is 5.58. The molecule has 1 unspecified atom stereocenters. The van der Waals surface area contributed by atoms with Gasteiger partial charge in [0.05, 0.1) is 6.10 Å². The zero-order valence-electron chi connectivity index (χ0n) is 16.8. The predicted octanol–water partition coefficient (Wildman–Crippen LogP) is 2.69. The third-order valence-electron chi connectivity index (χ3n) is 5.58. The lowest BCUT2D eigenvalue weighted by Gasteiger charge is -2.34. The molecule has 2 aliphatic rings. The molecule has 28 heavy (non-hydrogen) atoms. The molecule has 0 amide bonds. The van der Waals surface area contributed by atoms with Crippen LogP contribution in [-0.2, 0) is 17.8 Å². The lowest BCUT2D eigenvalue weighted by Crippen LogP contribution is -2.45. The lowest BCUT2D eigenvalue weighted by molar-refractivity contribution is 0.120. The molecule has 0 aliphatic carbocycles. The summed E-state index contributed by atoms with van der Waals surface area (Å²) in [7, 11) is 0. The number of rotatable bonds is 7. The third kappa shape index (κ3) is 5.50. The van der Waals surface area contributed by atoms with Gasteiger partial charge in [-0.3, -0.25) is 9.80 Å². The van der Waals surface area contributed by atoms with Gasteiger partial charge in [-0.25, -0.2) is 9.97 Å². The Morgan fingerprint density at radius 1 is 1.04 bits per heavy atom. The van der Waals surface area contributed by atoms with Crippen molar-refractivity contribution in [2.24, 2.45) is 0 Å². The molecule has 2 aromatic rings. The molecule has 0 bridgehead atoms. The molecule has 2 saturated heterocycles. The van der Waals surface area contributed by atoms with E-state index < -0.39 is 0 Å². The van der Waals surface area contributed by atoms with Crippen molar-refractivity contribution in [2.75, 3.05) is 44.6 Å². The zero-order valence-corrected chi connectivity index (χ0v) is 16.8. The first-order valence-electron chi connectivity index (χ1n) is 10.4. The number of anilines is 1. The molecule has 1 aromatic carbocycles. The normalized spacial score (nSPS) is 21.1. The Morgan fingerprint density at radius 3 is 2.39 bits per heavy atom. The number of benzene rings is 1. The van der Waals surface area contributed by atoms with Crippen molar-refractivity contribution < 1.29 is 4.74 Å². The summed E-state index contributed by atoms with van der Waals surface area (Å²) in [4.78, 5) is 14.0. The van der Waals surface area contributed by atoms with Crippen LogP contribution in [0, 0.1) is 6.92 Å². The Bertz CT molecular complexity index is 737. The van der Waals surface area contributed by atoms with Crippen LogP contribution in [-0.4, -0.2) is 65.2 Å². The van der Waals surface area contributed by atoms with Crippen LogP contribution in [0.2, 0.25) is 0 Å². The second kappa shape index (κ2) is 9.45. The number of ether oxygens (including phenoxy) is 1. The Balaban J connectivity index is 1.20. The monoisotopic (exact) mass is 381 g/mol. The zero-order chi connectivity index (χ0) is 19.2. The molecule has 1 atom stereocenters. The van der Waals surface area contributed by atoms with Gasteiger partial charge in [0.2, 0.25) is 5.95 Å². The van der Waals surface area contributed by atoms with Crippen molar-refractivity contribution in [3.05, 3.63) is 53.3 Å². The first kappa shape index (κ1) is 19.3. The molecule has 4 rings (SSSR count). The summed E-state index contributed by atoms with van der Waals surface area (Å²) < 4.78 is 5.62. The standard InChI is InChI=1S/C22H31N5O/c1-18-4-2-5-19(12-18)16-26-7-9-27(10-8-26)17-20-13-23-22(24-14-20)25-15-21-6-3-11-28-21/h2,4-5,12-14,21H,3,6-11,15-17H2,1H3,(H,23,24,25). The van der Waals surface area contributed by atoms with Crippen molar-refractivity contribution in [3.8, 4) is 0 Å². The van der Waals surface area contributed by atoms with Gasteiger partial charge < -0.3 is 10.1 Å². The number of nitrogens with zero attached hydrogens (tertiary/aromatic N) is 4. The van der Waals surface area contributed by atoms with E-state index >= 15 is 0 Å². The molecule has 1 N–H and O–H groups in total. The number of piperazine rings is 1. The van der Waals surface area contributed by atoms with E-state index in [1.807, 2.05) is 12.4 Å². The predicted molar refractivity (Wildman–Crippen MR) is 111 cm³/mol. The molecule has 6 nitrogen and oxygen atoms in total. The molecule has 2 aliphatic heterocycles. The first-order chi connectivity index (χ1) is 13.7. The maximum Gasteiger partial charge on any atom is 0.222 e. The van der Waals surface area contributed by atoms with Crippen LogP contribution in [0.15, 0.2) is 36.7 Å². The van der Waals surface area contributed by atoms with Crippen LogP contribution >= 0.6 is 0 Å². The topological polar surface area (TPSA) is 53.5 Å². The van der Waals surface area contributed by atoms with Gasteiger partial charge in [-0.1, -0.05) is 29.8 Å². The van der Waals surface area contributed by atoms with Crippen molar-refractivity contribution in [3.63, 3.8) is 0 Å². The summed E-state index contributed by atoms with van der Waals surface area (Å²) in [5, 5.41) is 3.28. The second-order valence-electron chi connectivity index (χ2n) is 7.97. The summed E-state index contributed by atoms with van der Waals surface area (Å²) in [6.45, 7) is 10.2. The molecule has 3 heterocycles. The molecular formula is C22H31N5O. The van der Waals surface area contributed by atoms with Crippen molar-refractivity contribution in [1.29, 1.82) is 0 Å². The van der Waals surface area contributed by atoms with Gasteiger partial charge >= 0.3 is 0 Å². The average Bonchev–Trinajstić information content (AvgIpc) is 3.23. The summed E-state index contributed by atoms with van der Waals surface area (Å²) in [5.74, 6) is 0.697. The largest absolute Gasteiger partial charge is 0.376 e. The maximum atomic E-state index is 5.62. The highest BCUT2D eigenvalue weighted by Gasteiger charge is 2.18. The fourth-order valence-corrected chi connectivity index (χ4v) is 3.97. The number of aromatic nitrogens is 2. The highest BCUT2D eigenvalue weighted by molar-refractivity contribution is 5.25. The van der Waals surface area contributed by atoms with E-state index in [1.165, 1.54) is 16.7 Å². The Hall–Kier alpha value is -2.02. The smallest absolute Gasteiger partial charge is 0.222 e. The second-order valence-corrected chi connectivity index (χ2v) is 7.97. The fourth-order valence-electron chi connectivity index (χ4n) is 3.97. The van der Waals surface area contributed by atoms with Crippen LogP contribution in [0.3, 0.4) is 0 Å². The molecule has 6 heteroatoms. The minimum Gasteiger partial charge on any atom is -0.376 e. The van der Waals surface area contributed by atoms with Gasteiger partial charge in [-0.15, -0.1) is 0 Å². The number of nitrogens with one attached hydrogen (secondary N) is 1. The molecular weight excluding hydrogens is 350 g/mol. The minimum absolute atomic E-state index is 0.305.